The second-order valence-corrected chi connectivity index (χ2v) is 8.29. The van der Waals surface area contributed by atoms with Crippen molar-refractivity contribution in [2.45, 2.75) is 39.0 Å². The number of aromatic amines is 1. The Bertz CT molecular complexity index is 1090. The van der Waals surface area contributed by atoms with E-state index in [4.69, 9.17) is 0 Å². The van der Waals surface area contributed by atoms with Crippen molar-refractivity contribution in [3.8, 4) is 0 Å². The van der Waals surface area contributed by atoms with Crippen molar-refractivity contribution >= 4 is 28.4 Å². The molecule has 31 heavy (non-hydrogen) atoms. The van der Waals surface area contributed by atoms with Crippen molar-refractivity contribution in [2.24, 2.45) is 5.92 Å². The number of rotatable bonds is 6. The fourth-order valence-corrected chi connectivity index (χ4v) is 4.25. The van der Waals surface area contributed by atoms with Gasteiger partial charge in [-0.3, -0.25) is 14.7 Å². The van der Waals surface area contributed by atoms with Crippen LogP contribution in [0.3, 0.4) is 0 Å². The van der Waals surface area contributed by atoms with Gasteiger partial charge in [0.1, 0.15) is 5.82 Å². The average molecular weight is 423 g/mol. The van der Waals surface area contributed by atoms with E-state index in [0.717, 1.165) is 42.4 Å². The molecule has 2 amide bonds. The van der Waals surface area contributed by atoms with E-state index in [9.17, 15) is 14.0 Å². The molecule has 1 aliphatic rings. The van der Waals surface area contributed by atoms with Crippen LogP contribution in [0.5, 0.6) is 0 Å². The molecule has 1 aromatic heterocycles. The van der Waals surface area contributed by atoms with Crippen LogP contribution < -0.4 is 5.32 Å². The van der Waals surface area contributed by atoms with E-state index in [1.807, 2.05) is 29.2 Å². The molecule has 2 aromatic carbocycles. The van der Waals surface area contributed by atoms with E-state index in [1.165, 1.54) is 12.1 Å². The van der Waals surface area contributed by atoms with Gasteiger partial charge in [-0.15, -0.1) is 0 Å². The molecule has 2 heterocycles. The number of nitrogens with one attached hydrogen (secondary N) is 2. The van der Waals surface area contributed by atoms with Crippen molar-refractivity contribution in [2.75, 3.05) is 18.4 Å². The number of likely N-dealkylation sites (tertiary alicyclic amines) is 1. The van der Waals surface area contributed by atoms with E-state index >= 15 is 0 Å². The van der Waals surface area contributed by atoms with Crippen molar-refractivity contribution < 1.29 is 14.0 Å². The number of hydrogen-bond donors (Lipinski definition) is 2. The number of fused-ring (bicyclic) bond motifs is 1. The van der Waals surface area contributed by atoms with Gasteiger partial charge in [-0.05, 0) is 61.9 Å². The molecule has 4 rings (SSSR count). The molecule has 1 atom stereocenters. The topological polar surface area (TPSA) is 78.1 Å². The van der Waals surface area contributed by atoms with Crippen molar-refractivity contribution in [3.05, 3.63) is 59.5 Å². The molecule has 0 saturated carbocycles. The van der Waals surface area contributed by atoms with Gasteiger partial charge >= 0.3 is 0 Å². The van der Waals surface area contributed by atoms with Crippen LogP contribution in [0.15, 0.2) is 42.5 Å². The minimum Gasteiger partial charge on any atom is -0.342 e. The van der Waals surface area contributed by atoms with E-state index in [-0.39, 0.29) is 17.6 Å². The zero-order valence-electron chi connectivity index (χ0n) is 17.7. The van der Waals surface area contributed by atoms with Crippen LogP contribution in [0.4, 0.5) is 10.1 Å². The third-order valence-electron chi connectivity index (χ3n) is 5.98. The molecule has 7 heteroatoms. The Morgan fingerprint density at radius 2 is 2.10 bits per heavy atom. The molecule has 1 aliphatic heterocycles. The van der Waals surface area contributed by atoms with Crippen LogP contribution in [0.1, 0.15) is 36.9 Å². The van der Waals surface area contributed by atoms with Gasteiger partial charge in [-0.25, -0.2) is 4.39 Å². The number of hydrogen-bond acceptors (Lipinski definition) is 3. The summed E-state index contributed by atoms with van der Waals surface area (Å²) in [5.41, 5.74) is 3.05. The third-order valence-corrected chi connectivity index (χ3v) is 5.98. The largest absolute Gasteiger partial charge is 0.342 e. The van der Waals surface area contributed by atoms with E-state index in [2.05, 4.69) is 15.5 Å². The number of para-hydroxylation sites is 1. The monoisotopic (exact) mass is 422 g/mol. The van der Waals surface area contributed by atoms with Crippen molar-refractivity contribution in [1.29, 1.82) is 0 Å². The Morgan fingerprint density at radius 1 is 1.26 bits per heavy atom. The van der Waals surface area contributed by atoms with Crippen LogP contribution in [0, 0.1) is 18.7 Å². The Balaban J connectivity index is 1.29. The summed E-state index contributed by atoms with van der Waals surface area (Å²) in [6.07, 6.45) is 3.37. The molecule has 1 unspecified atom stereocenters. The number of H-pyrrole nitrogens is 1. The average Bonchev–Trinajstić information content (AvgIpc) is 3.17. The molecule has 162 valence electrons. The van der Waals surface area contributed by atoms with E-state index in [0.29, 0.717) is 36.6 Å². The number of aryl methyl sites for hydroxylation is 1. The SMILES string of the molecule is Cc1cc(F)ccc1NC(=O)CCC1CCCN(C(=O)Cc2[nH]nc3ccccc23)C1. The molecule has 0 radical (unpaired) electrons. The molecule has 0 aliphatic carbocycles. The standard InChI is InChI=1S/C24H27FN4O2/c1-16-13-18(25)9-10-20(16)26-23(30)11-8-17-5-4-12-29(15-17)24(31)14-22-19-6-2-3-7-21(19)27-28-22/h2-3,6-7,9-10,13,17H,4-5,8,11-12,14-15H2,1H3,(H,26,30)(H,27,28). The summed E-state index contributed by atoms with van der Waals surface area (Å²) in [5, 5.41) is 11.1. The highest BCUT2D eigenvalue weighted by Gasteiger charge is 2.25. The maximum atomic E-state index is 13.2. The highest BCUT2D eigenvalue weighted by molar-refractivity contribution is 5.91. The fourth-order valence-electron chi connectivity index (χ4n) is 4.25. The van der Waals surface area contributed by atoms with Crippen LogP contribution in [0.25, 0.3) is 10.9 Å². The molecule has 0 spiro atoms. The summed E-state index contributed by atoms with van der Waals surface area (Å²) in [4.78, 5) is 27.1. The van der Waals surface area contributed by atoms with E-state index < -0.39 is 0 Å². The number of carbonyl (C=O) groups is 2. The first-order valence-electron chi connectivity index (χ1n) is 10.8. The predicted octanol–water partition coefficient (Wildman–Crippen LogP) is 4.21. The first-order chi connectivity index (χ1) is 15.0. The Morgan fingerprint density at radius 3 is 2.94 bits per heavy atom. The number of piperidine rings is 1. The zero-order valence-corrected chi connectivity index (χ0v) is 17.7. The summed E-state index contributed by atoms with van der Waals surface area (Å²) in [6.45, 7) is 3.20. The van der Waals surface area contributed by atoms with Gasteiger partial charge in [0.25, 0.3) is 0 Å². The Kier molecular flexibility index (Phi) is 6.30. The van der Waals surface area contributed by atoms with Gasteiger partial charge in [0, 0.05) is 30.6 Å². The fraction of sp³-hybridized carbons (Fsp3) is 0.375. The first kappa shape index (κ1) is 21.0. The zero-order chi connectivity index (χ0) is 21.8. The number of aromatic nitrogens is 2. The number of amides is 2. The summed E-state index contributed by atoms with van der Waals surface area (Å²) < 4.78 is 13.2. The molecule has 1 saturated heterocycles. The quantitative estimate of drug-likeness (QED) is 0.625. The van der Waals surface area contributed by atoms with Crippen LogP contribution in [-0.2, 0) is 16.0 Å². The Labute approximate surface area is 180 Å². The smallest absolute Gasteiger partial charge is 0.228 e. The lowest BCUT2D eigenvalue weighted by Gasteiger charge is -2.32. The second-order valence-electron chi connectivity index (χ2n) is 8.29. The van der Waals surface area contributed by atoms with Crippen LogP contribution in [-0.4, -0.2) is 40.0 Å². The number of nitrogens with zero attached hydrogens (tertiary/aromatic N) is 2. The summed E-state index contributed by atoms with van der Waals surface area (Å²) in [7, 11) is 0. The summed E-state index contributed by atoms with van der Waals surface area (Å²) in [6, 6.07) is 12.1. The minimum atomic E-state index is -0.314. The van der Waals surface area contributed by atoms with Gasteiger partial charge in [-0.1, -0.05) is 18.2 Å². The first-order valence-corrected chi connectivity index (χ1v) is 10.8. The highest BCUT2D eigenvalue weighted by Crippen LogP contribution is 2.23. The van der Waals surface area contributed by atoms with Gasteiger partial charge in [0.15, 0.2) is 0 Å². The lowest BCUT2D eigenvalue weighted by molar-refractivity contribution is -0.132. The van der Waals surface area contributed by atoms with Crippen LogP contribution >= 0.6 is 0 Å². The lowest BCUT2D eigenvalue weighted by atomic mass is 9.93. The number of halogens is 1. The normalized spacial score (nSPS) is 16.5. The second kappa shape index (κ2) is 9.29. The summed E-state index contributed by atoms with van der Waals surface area (Å²) >= 11 is 0. The van der Waals surface area contributed by atoms with Crippen molar-refractivity contribution in [3.63, 3.8) is 0 Å². The van der Waals surface area contributed by atoms with Gasteiger partial charge in [0.2, 0.25) is 11.8 Å². The maximum absolute atomic E-state index is 13.2. The maximum Gasteiger partial charge on any atom is 0.228 e. The molecular weight excluding hydrogens is 395 g/mol. The molecule has 0 bridgehead atoms. The molecule has 3 aromatic rings. The number of benzene rings is 2. The molecular formula is C24H27FN4O2. The predicted molar refractivity (Wildman–Crippen MR) is 118 cm³/mol. The minimum absolute atomic E-state index is 0.0814. The van der Waals surface area contributed by atoms with Gasteiger partial charge < -0.3 is 10.2 Å². The van der Waals surface area contributed by atoms with Crippen LogP contribution in [0.2, 0.25) is 0 Å². The van der Waals surface area contributed by atoms with E-state index in [1.54, 1.807) is 13.0 Å². The van der Waals surface area contributed by atoms with Gasteiger partial charge in [-0.2, -0.15) is 5.10 Å². The summed E-state index contributed by atoms with van der Waals surface area (Å²) in [5.74, 6) is -0.00514. The molecule has 2 N–H and O–H groups in total. The molecule has 6 nitrogen and oxygen atoms in total. The number of carbonyl (C=O) groups excluding carboxylic acids is 2. The lowest BCUT2D eigenvalue weighted by Crippen LogP contribution is -2.41. The Hall–Kier alpha value is -3.22. The van der Waals surface area contributed by atoms with Crippen molar-refractivity contribution in [1.82, 2.24) is 15.1 Å². The highest BCUT2D eigenvalue weighted by atomic mass is 19.1. The number of anilines is 1. The van der Waals surface area contributed by atoms with Gasteiger partial charge in [0.05, 0.1) is 17.6 Å². The third kappa shape index (κ3) is 5.10. The molecule has 1 fully saturated rings.